The lowest BCUT2D eigenvalue weighted by Gasteiger charge is -2.30. The summed E-state index contributed by atoms with van der Waals surface area (Å²) in [7, 11) is 0. The number of carbonyl (C=O) groups is 1. The Labute approximate surface area is 122 Å². The minimum Gasteiger partial charge on any atom is -0.480 e. The number of hydrogen-bond acceptors (Lipinski definition) is 4. The largest absolute Gasteiger partial charge is 0.480 e. The van der Waals surface area contributed by atoms with Crippen LogP contribution in [0.2, 0.25) is 5.02 Å². The number of aromatic nitrogens is 1. The summed E-state index contributed by atoms with van der Waals surface area (Å²) >= 11 is 6.10. The molecule has 0 bridgehead atoms. The zero-order chi connectivity index (χ0) is 14.6. The van der Waals surface area contributed by atoms with Gasteiger partial charge < -0.3 is 10.4 Å². The Bertz CT molecular complexity index is 546. The molecule has 0 atom stereocenters. The van der Waals surface area contributed by atoms with Gasteiger partial charge in [0.05, 0.1) is 5.56 Å². The Morgan fingerprint density at radius 2 is 2.05 bits per heavy atom. The zero-order valence-corrected chi connectivity index (χ0v) is 11.8. The molecule has 5 nitrogen and oxygen atoms in total. The molecule has 1 heterocycles. The third kappa shape index (κ3) is 2.86. The summed E-state index contributed by atoms with van der Waals surface area (Å²) in [5, 5.41) is 21.7. The fourth-order valence-electron chi connectivity index (χ4n) is 2.57. The molecule has 20 heavy (non-hydrogen) atoms. The van der Waals surface area contributed by atoms with Crippen molar-refractivity contribution in [2.24, 2.45) is 0 Å². The highest BCUT2D eigenvalue weighted by Crippen LogP contribution is 2.33. The van der Waals surface area contributed by atoms with E-state index in [1.54, 1.807) is 0 Å². The molecule has 1 aliphatic carbocycles. The molecular formula is C14H16ClN3O2. The Kier molecular flexibility index (Phi) is 4.46. The van der Waals surface area contributed by atoms with Crippen LogP contribution in [0.1, 0.15) is 44.1 Å². The first-order valence-electron chi connectivity index (χ1n) is 6.65. The molecule has 0 unspecified atom stereocenters. The summed E-state index contributed by atoms with van der Waals surface area (Å²) in [6.07, 6.45) is 6.32. The molecule has 2 rings (SSSR count). The van der Waals surface area contributed by atoms with Crippen LogP contribution in [0, 0.1) is 11.3 Å². The van der Waals surface area contributed by atoms with Gasteiger partial charge >= 0.3 is 5.97 Å². The molecule has 0 amide bonds. The van der Waals surface area contributed by atoms with Gasteiger partial charge in [-0.25, -0.2) is 9.78 Å². The second kappa shape index (κ2) is 6.10. The molecule has 0 spiro atoms. The van der Waals surface area contributed by atoms with Gasteiger partial charge in [0, 0.05) is 6.20 Å². The van der Waals surface area contributed by atoms with E-state index in [9.17, 15) is 9.90 Å². The first-order valence-corrected chi connectivity index (χ1v) is 7.03. The summed E-state index contributed by atoms with van der Waals surface area (Å²) in [5.74, 6) is -0.616. The van der Waals surface area contributed by atoms with Crippen LogP contribution in [-0.4, -0.2) is 21.6 Å². The molecule has 0 radical (unpaired) electrons. The highest BCUT2D eigenvalue weighted by Gasteiger charge is 2.39. The highest BCUT2D eigenvalue weighted by molar-refractivity contribution is 6.34. The first-order chi connectivity index (χ1) is 9.59. The van der Waals surface area contributed by atoms with Gasteiger partial charge in [0.25, 0.3) is 0 Å². The van der Waals surface area contributed by atoms with Gasteiger partial charge in [-0.3, -0.25) is 0 Å². The van der Waals surface area contributed by atoms with E-state index in [1.165, 1.54) is 12.3 Å². The summed E-state index contributed by atoms with van der Waals surface area (Å²) in [5.41, 5.74) is -0.750. The number of hydrogen-bond donors (Lipinski definition) is 2. The Hall–Kier alpha value is -1.80. The van der Waals surface area contributed by atoms with Crippen LogP contribution in [0.4, 0.5) is 5.82 Å². The highest BCUT2D eigenvalue weighted by atomic mass is 35.5. The number of nitrogens with zero attached hydrogens (tertiary/aromatic N) is 2. The number of carboxylic acids is 1. The molecule has 1 aromatic rings. The van der Waals surface area contributed by atoms with Gasteiger partial charge in [0.1, 0.15) is 22.4 Å². The molecule has 0 saturated heterocycles. The maximum atomic E-state index is 11.7. The average Bonchev–Trinajstić information content (AvgIpc) is 2.68. The average molecular weight is 294 g/mol. The molecule has 1 aromatic heterocycles. The first kappa shape index (κ1) is 14.6. The lowest BCUT2D eigenvalue weighted by atomic mass is 9.90. The maximum Gasteiger partial charge on any atom is 0.329 e. The molecule has 2 N–H and O–H groups in total. The Morgan fingerprint density at radius 1 is 1.40 bits per heavy atom. The normalized spacial score (nSPS) is 17.8. The summed E-state index contributed by atoms with van der Waals surface area (Å²) in [6.45, 7) is 0. The zero-order valence-electron chi connectivity index (χ0n) is 11.0. The van der Waals surface area contributed by atoms with Crippen molar-refractivity contribution in [1.29, 1.82) is 5.26 Å². The van der Waals surface area contributed by atoms with E-state index in [1.807, 2.05) is 6.07 Å². The predicted octanol–water partition coefficient (Wildman–Crippen LogP) is 3.20. The second-order valence-electron chi connectivity index (χ2n) is 5.06. The quantitative estimate of drug-likeness (QED) is 0.836. The van der Waals surface area contributed by atoms with Crippen molar-refractivity contribution in [2.45, 2.75) is 44.1 Å². The van der Waals surface area contributed by atoms with Crippen LogP contribution in [0.5, 0.6) is 0 Å². The molecule has 1 aliphatic rings. The van der Waals surface area contributed by atoms with Gasteiger partial charge in [-0.15, -0.1) is 0 Å². The van der Waals surface area contributed by atoms with Crippen LogP contribution < -0.4 is 5.32 Å². The van der Waals surface area contributed by atoms with E-state index in [2.05, 4.69) is 10.3 Å². The molecule has 0 aliphatic heterocycles. The van der Waals surface area contributed by atoms with E-state index >= 15 is 0 Å². The van der Waals surface area contributed by atoms with Crippen molar-refractivity contribution in [3.05, 3.63) is 22.8 Å². The van der Waals surface area contributed by atoms with Crippen molar-refractivity contribution in [3.8, 4) is 6.07 Å². The smallest absolute Gasteiger partial charge is 0.329 e. The van der Waals surface area contributed by atoms with Crippen molar-refractivity contribution in [2.75, 3.05) is 5.32 Å². The van der Waals surface area contributed by atoms with Crippen LogP contribution in [-0.2, 0) is 4.79 Å². The van der Waals surface area contributed by atoms with E-state index in [0.717, 1.165) is 25.7 Å². The number of rotatable bonds is 3. The fourth-order valence-corrected chi connectivity index (χ4v) is 2.77. The van der Waals surface area contributed by atoms with Crippen molar-refractivity contribution < 1.29 is 9.90 Å². The van der Waals surface area contributed by atoms with Crippen LogP contribution in [0.25, 0.3) is 0 Å². The molecule has 1 saturated carbocycles. The minimum absolute atomic E-state index is 0.180. The van der Waals surface area contributed by atoms with Gasteiger partial charge in [-0.05, 0) is 18.9 Å². The SMILES string of the molecule is N#Cc1ccnc(NC2(C(=O)O)CCCCCC2)c1Cl. The van der Waals surface area contributed by atoms with E-state index < -0.39 is 11.5 Å². The summed E-state index contributed by atoms with van der Waals surface area (Å²) < 4.78 is 0. The number of nitriles is 1. The predicted molar refractivity (Wildman–Crippen MR) is 75.7 cm³/mol. The molecule has 6 heteroatoms. The minimum atomic E-state index is -1.04. The van der Waals surface area contributed by atoms with E-state index in [0.29, 0.717) is 18.4 Å². The Morgan fingerprint density at radius 3 is 2.60 bits per heavy atom. The standard InChI is InChI=1S/C14H16ClN3O2/c15-11-10(9-16)5-8-17-12(11)18-14(13(19)20)6-3-1-2-4-7-14/h5,8H,1-4,6-7H2,(H,17,18)(H,19,20). The molecule has 106 valence electrons. The second-order valence-corrected chi connectivity index (χ2v) is 5.44. The molecule has 1 fully saturated rings. The fraction of sp³-hybridized carbons (Fsp3) is 0.500. The number of aliphatic carboxylic acids is 1. The lowest BCUT2D eigenvalue weighted by molar-refractivity contribution is -0.142. The maximum absolute atomic E-state index is 11.7. The topological polar surface area (TPSA) is 86.0 Å². The van der Waals surface area contributed by atoms with Crippen molar-refractivity contribution in [1.82, 2.24) is 4.98 Å². The lowest BCUT2D eigenvalue weighted by Crippen LogP contribution is -2.46. The number of pyridine rings is 1. The van der Waals surface area contributed by atoms with Crippen LogP contribution >= 0.6 is 11.6 Å². The van der Waals surface area contributed by atoms with E-state index in [-0.39, 0.29) is 10.8 Å². The van der Waals surface area contributed by atoms with Gasteiger partial charge in [-0.2, -0.15) is 5.26 Å². The third-order valence-electron chi connectivity index (χ3n) is 3.73. The van der Waals surface area contributed by atoms with Gasteiger partial charge in [-0.1, -0.05) is 37.3 Å². The molecular weight excluding hydrogens is 278 g/mol. The van der Waals surface area contributed by atoms with E-state index in [4.69, 9.17) is 16.9 Å². The summed E-state index contributed by atoms with van der Waals surface area (Å²) in [6, 6.07) is 3.48. The number of carboxylic acid groups (broad SMARTS) is 1. The van der Waals surface area contributed by atoms with Crippen molar-refractivity contribution >= 4 is 23.4 Å². The van der Waals surface area contributed by atoms with Crippen molar-refractivity contribution in [3.63, 3.8) is 0 Å². The number of halogens is 1. The van der Waals surface area contributed by atoms with Crippen LogP contribution in [0.3, 0.4) is 0 Å². The van der Waals surface area contributed by atoms with Gasteiger partial charge in [0.15, 0.2) is 0 Å². The Balaban J connectivity index is 2.33. The third-order valence-corrected chi connectivity index (χ3v) is 4.12. The molecule has 0 aromatic carbocycles. The van der Waals surface area contributed by atoms with Crippen LogP contribution in [0.15, 0.2) is 12.3 Å². The summed E-state index contributed by atoms with van der Waals surface area (Å²) in [4.78, 5) is 15.8. The van der Waals surface area contributed by atoms with Gasteiger partial charge in [0.2, 0.25) is 0 Å². The number of nitrogens with one attached hydrogen (secondary N) is 1. The number of anilines is 1. The monoisotopic (exact) mass is 293 g/mol.